The van der Waals surface area contributed by atoms with Gasteiger partial charge in [-0.1, -0.05) is 17.7 Å². The van der Waals surface area contributed by atoms with E-state index in [4.69, 9.17) is 17.1 Å². The van der Waals surface area contributed by atoms with Crippen LogP contribution in [-0.2, 0) is 0 Å². The van der Waals surface area contributed by atoms with Gasteiger partial charge in [0.2, 0.25) is 6.17 Å². The smallest absolute Gasteiger partial charge is 0.331 e. The highest BCUT2D eigenvalue weighted by Gasteiger charge is 2.25. The molecule has 10 heavy (non-hydrogen) atoms. The minimum Gasteiger partial charge on any atom is -0.361 e. The topological polar surface area (TPSA) is 36.4 Å². The minimum absolute atomic E-state index is 0.0373. The molecule has 0 radical (unpaired) electrons. The Balaban J connectivity index is 3.00. The molecular formula is C6H4ClFN2. The molecule has 0 N–H and O–H groups in total. The van der Waals surface area contributed by atoms with Crippen molar-refractivity contribution in [1.29, 1.82) is 0 Å². The van der Waals surface area contributed by atoms with Gasteiger partial charge < -0.3 is 5.53 Å². The first kappa shape index (κ1) is 7.19. The van der Waals surface area contributed by atoms with Crippen LogP contribution in [0, 0.1) is 0 Å². The molecule has 0 saturated heterocycles. The summed E-state index contributed by atoms with van der Waals surface area (Å²) in [4.78, 5) is 2.71. The molecule has 4 heteroatoms. The second kappa shape index (κ2) is 2.78. The fourth-order valence-electron chi connectivity index (χ4n) is 0.633. The summed E-state index contributed by atoms with van der Waals surface area (Å²) in [6, 6.07) is 0. The number of nitrogens with zero attached hydrogens (tertiary/aromatic N) is 2. The molecule has 1 atom stereocenters. The minimum atomic E-state index is -1.48. The van der Waals surface area contributed by atoms with Gasteiger partial charge in [0.15, 0.2) is 0 Å². The van der Waals surface area contributed by atoms with Crippen molar-refractivity contribution in [2.45, 2.75) is 6.17 Å². The van der Waals surface area contributed by atoms with Gasteiger partial charge in [0.05, 0.1) is 5.03 Å². The first-order valence-electron chi connectivity index (χ1n) is 2.65. The Hall–Kier alpha value is -0.920. The van der Waals surface area contributed by atoms with Crippen molar-refractivity contribution in [1.82, 2.24) is 0 Å². The lowest BCUT2D eigenvalue weighted by molar-refractivity contribution is -0.0108. The molecule has 0 saturated carbocycles. The summed E-state index contributed by atoms with van der Waals surface area (Å²) in [5.41, 5.74) is 8.13. The Labute approximate surface area is 62.2 Å². The lowest BCUT2D eigenvalue weighted by Gasteiger charge is -2.01. The van der Waals surface area contributed by atoms with E-state index in [-0.39, 0.29) is 10.7 Å². The van der Waals surface area contributed by atoms with Gasteiger partial charge in [-0.05, 0) is 6.08 Å². The average molecular weight is 159 g/mol. The van der Waals surface area contributed by atoms with E-state index in [9.17, 15) is 4.39 Å². The highest BCUT2D eigenvalue weighted by molar-refractivity contribution is 6.33. The molecular weight excluding hydrogens is 155 g/mol. The van der Waals surface area contributed by atoms with Crippen molar-refractivity contribution in [2.24, 2.45) is 0 Å². The second-order valence-electron chi connectivity index (χ2n) is 1.80. The predicted octanol–water partition coefficient (Wildman–Crippen LogP) is 1.69. The van der Waals surface area contributed by atoms with Crippen LogP contribution < -0.4 is 0 Å². The summed E-state index contributed by atoms with van der Waals surface area (Å²) in [6.45, 7) is 0. The van der Waals surface area contributed by atoms with Crippen LogP contribution >= 0.6 is 11.6 Å². The van der Waals surface area contributed by atoms with Crippen molar-refractivity contribution in [3.8, 4) is 0 Å². The Morgan fingerprint density at radius 1 is 1.70 bits per heavy atom. The van der Waals surface area contributed by atoms with Crippen LogP contribution in [-0.4, -0.2) is 16.7 Å². The van der Waals surface area contributed by atoms with E-state index >= 15 is 0 Å². The molecule has 0 aromatic rings. The van der Waals surface area contributed by atoms with Crippen molar-refractivity contribution in [3.05, 3.63) is 28.8 Å². The lowest BCUT2D eigenvalue weighted by atomic mass is 10.1. The zero-order valence-electron chi connectivity index (χ0n) is 4.96. The van der Waals surface area contributed by atoms with E-state index < -0.39 is 6.17 Å². The van der Waals surface area contributed by atoms with Crippen molar-refractivity contribution in [3.63, 3.8) is 0 Å². The molecule has 1 aliphatic carbocycles. The molecule has 1 unspecified atom stereocenters. The third-order valence-electron chi connectivity index (χ3n) is 1.14. The fraction of sp³-hybridized carbons (Fsp3) is 0.167. The molecule has 2 nitrogen and oxygen atoms in total. The number of halogens is 2. The van der Waals surface area contributed by atoms with Crippen molar-refractivity contribution >= 4 is 17.3 Å². The fourth-order valence-corrected chi connectivity index (χ4v) is 0.817. The molecule has 0 spiro atoms. The maximum absolute atomic E-state index is 12.7. The number of hydrogen-bond acceptors (Lipinski definition) is 0. The van der Waals surface area contributed by atoms with E-state index in [0.29, 0.717) is 0 Å². The van der Waals surface area contributed by atoms with Crippen molar-refractivity contribution in [2.75, 3.05) is 0 Å². The van der Waals surface area contributed by atoms with Gasteiger partial charge in [-0.15, -0.1) is 0 Å². The molecule has 0 fully saturated rings. The number of allylic oxidation sites excluding steroid dienone is 4. The Morgan fingerprint density at radius 2 is 2.40 bits per heavy atom. The van der Waals surface area contributed by atoms with Crippen LogP contribution in [0.5, 0.6) is 0 Å². The predicted molar refractivity (Wildman–Crippen MR) is 36.6 cm³/mol. The van der Waals surface area contributed by atoms with Gasteiger partial charge in [0.1, 0.15) is 0 Å². The maximum atomic E-state index is 12.7. The highest BCUT2D eigenvalue weighted by atomic mass is 35.5. The van der Waals surface area contributed by atoms with Gasteiger partial charge in [-0.25, -0.2) is 4.39 Å². The van der Waals surface area contributed by atoms with Gasteiger partial charge >= 0.3 is 5.71 Å². The first-order valence-corrected chi connectivity index (χ1v) is 3.03. The van der Waals surface area contributed by atoms with Gasteiger partial charge in [-0.3, -0.25) is 0 Å². The third kappa shape index (κ3) is 1.15. The maximum Gasteiger partial charge on any atom is 0.331 e. The molecule has 52 valence electrons. The van der Waals surface area contributed by atoms with E-state index in [1.54, 1.807) is 0 Å². The molecule has 1 rings (SSSR count). The highest BCUT2D eigenvalue weighted by Crippen LogP contribution is 2.16. The second-order valence-corrected chi connectivity index (χ2v) is 2.23. The van der Waals surface area contributed by atoms with Gasteiger partial charge in [-0.2, -0.15) is 4.79 Å². The molecule has 0 aromatic carbocycles. The number of alkyl halides is 1. The zero-order chi connectivity index (χ0) is 7.56. The summed E-state index contributed by atoms with van der Waals surface area (Å²) in [5, 5.41) is 0.0373. The first-order chi connectivity index (χ1) is 4.75. The standard InChI is InChI=1S/C6H4ClFN2/c7-4-2-1-3-5(10-9)6(4)8/h1-3,6H. The summed E-state index contributed by atoms with van der Waals surface area (Å²) in [6.07, 6.45) is 2.82. The third-order valence-corrected chi connectivity index (χ3v) is 1.46. The lowest BCUT2D eigenvalue weighted by Crippen LogP contribution is -2.16. The van der Waals surface area contributed by atoms with Crippen LogP contribution in [0.2, 0.25) is 0 Å². The van der Waals surface area contributed by atoms with Crippen molar-refractivity contribution < 1.29 is 9.18 Å². The molecule has 0 heterocycles. The molecule has 1 aliphatic rings. The van der Waals surface area contributed by atoms with Gasteiger partial charge in [0, 0.05) is 6.08 Å². The molecule has 0 aromatic heterocycles. The van der Waals surface area contributed by atoms with Crippen LogP contribution in [0.4, 0.5) is 4.39 Å². The van der Waals surface area contributed by atoms with E-state index in [0.717, 1.165) is 0 Å². The quantitative estimate of drug-likeness (QED) is 0.380. The molecule has 0 aliphatic heterocycles. The molecule has 0 amide bonds. The largest absolute Gasteiger partial charge is 0.361 e. The summed E-state index contributed by atoms with van der Waals surface area (Å²) in [7, 11) is 0. The summed E-state index contributed by atoms with van der Waals surface area (Å²) in [5.74, 6) is 0. The zero-order valence-corrected chi connectivity index (χ0v) is 5.72. The van der Waals surface area contributed by atoms with Crippen LogP contribution in [0.25, 0.3) is 5.53 Å². The Bertz CT molecular complexity index is 250. The van der Waals surface area contributed by atoms with Crippen LogP contribution in [0.3, 0.4) is 0 Å². The Kier molecular flexibility index (Phi) is 2.00. The Morgan fingerprint density at radius 3 is 2.90 bits per heavy atom. The van der Waals surface area contributed by atoms with Crippen LogP contribution in [0.1, 0.15) is 0 Å². The average Bonchev–Trinajstić information content (AvgIpc) is 1.95. The number of hydrogen-bond donors (Lipinski definition) is 0. The molecule has 0 bridgehead atoms. The van der Waals surface area contributed by atoms with Crippen LogP contribution in [0.15, 0.2) is 23.3 Å². The van der Waals surface area contributed by atoms with E-state index in [2.05, 4.69) is 4.79 Å². The van der Waals surface area contributed by atoms with E-state index in [1.165, 1.54) is 18.2 Å². The normalized spacial score (nSPS) is 24.0. The van der Waals surface area contributed by atoms with E-state index in [1.807, 2.05) is 0 Å². The SMILES string of the molecule is [N-]=[N+]=C1C=CC=C(Cl)C1F. The summed E-state index contributed by atoms with van der Waals surface area (Å²) < 4.78 is 12.7. The van der Waals surface area contributed by atoms with Gasteiger partial charge in [0.25, 0.3) is 0 Å². The monoisotopic (exact) mass is 158 g/mol. The number of rotatable bonds is 0. The summed E-state index contributed by atoms with van der Waals surface area (Å²) >= 11 is 5.38.